The predicted octanol–water partition coefficient (Wildman–Crippen LogP) is 1.59. The summed E-state index contributed by atoms with van der Waals surface area (Å²) in [6.45, 7) is 0. The van der Waals surface area contributed by atoms with E-state index in [9.17, 15) is 18.0 Å². The third kappa shape index (κ3) is 2.17. The normalized spacial score (nSPS) is 11.5. The molecule has 18 heavy (non-hydrogen) atoms. The van der Waals surface area contributed by atoms with Gasteiger partial charge < -0.3 is 5.73 Å². The highest BCUT2D eigenvalue weighted by molar-refractivity contribution is 5.98. The van der Waals surface area contributed by atoms with Crippen LogP contribution in [0.15, 0.2) is 24.5 Å². The molecule has 94 valence electrons. The number of pyridine rings is 1. The van der Waals surface area contributed by atoms with E-state index in [1.165, 1.54) is 6.20 Å². The first kappa shape index (κ1) is 12.1. The highest BCUT2D eigenvalue weighted by Crippen LogP contribution is 2.29. The number of nitrogens with two attached hydrogens (primary N) is 1. The summed E-state index contributed by atoms with van der Waals surface area (Å²) in [6.07, 6.45) is -2.58. The topological polar surface area (TPSA) is 84.7 Å². The minimum atomic E-state index is -4.45. The number of primary amides is 1. The molecule has 0 aliphatic carbocycles. The van der Waals surface area contributed by atoms with Gasteiger partial charge in [-0.05, 0) is 12.1 Å². The van der Waals surface area contributed by atoms with Crippen molar-refractivity contribution in [2.24, 2.45) is 5.73 Å². The van der Waals surface area contributed by atoms with Gasteiger partial charge in [-0.25, -0.2) is 0 Å². The lowest BCUT2D eigenvalue weighted by Gasteiger charge is -2.06. The van der Waals surface area contributed by atoms with Gasteiger partial charge in [0.25, 0.3) is 5.91 Å². The summed E-state index contributed by atoms with van der Waals surface area (Å²) < 4.78 is 37.0. The zero-order valence-corrected chi connectivity index (χ0v) is 8.82. The molecule has 0 aromatic carbocycles. The highest BCUT2D eigenvalue weighted by Gasteiger charge is 2.30. The van der Waals surface area contributed by atoms with Crippen molar-refractivity contribution in [3.05, 3.63) is 35.7 Å². The monoisotopic (exact) mass is 256 g/mol. The van der Waals surface area contributed by atoms with E-state index in [1.807, 2.05) is 0 Å². The van der Waals surface area contributed by atoms with E-state index in [2.05, 4.69) is 15.2 Å². The van der Waals surface area contributed by atoms with Crippen molar-refractivity contribution in [3.63, 3.8) is 0 Å². The van der Waals surface area contributed by atoms with Crippen molar-refractivity contribution in [1.29, 1.82) is 0 Å². The molecular formula is C10H7F3N4O. The predicted molar refractivity (Wildman–Crippen MR) is 55.3 cm³/mol. The van der Waals surface area contributed by atoms with Crippen LogP contribution in [-0.2, 0) is 6.18 Å². The molecule has 0 fully saturated rings. The second-order valence-electron chi connectivity index (χ2n) is 3.45. The summed E-state index contributed by atoms with van der Waals surface area (Å²) in [6, 6.07) is 2.01. The Balaban J connectivity index is 2.41. The van der Waals surface area contributed by atoms with Gasteiger partial charge in [0.2, 0.25) is 0 Å². The van der Waals surface area contributed by atoms with Crippen LogP contribution in [0.25, 0.3) is 11.4 Å². The second kappa shape index (κ2) is 4.13. The number of H-pyrrole nitrogens is 1. The third-order valence-corrected chi connectivity index (χ3v) is 2.25. The summed E-state index contributed by atoms with van der Waals surface area (Å²) in [7, 11) is 0. The van der Waals surface area contributed by atoms with Gasteiger partial charge >= 0.3 is 6.18 Å². The average molecular weight is 256 g/mol. The van der Waals surface area contributed by atoms with E-state index >= 15 is 0 Å². The quantitative estimate of drug-likeness (QED) is 0.855. The number of rotatable bonds is 2. The van der Waals surface area contributed by atoms with Gasteiger partial charge in [-0.2, -0.15) is 18.3 Å². The minimum absolute atomic E-state index is 0.0715. The molecule has 0 radical (unpaired) electrons. The van der Waals surface area contributed by atoms with Crippen LogP contribution in [0.2, 0.25) is 0 Å². The number of nitrogens with one attached hydrogen (secondary N) is 1. The van der Waals surface area contributed by atoms with Gasteiger partial charge in [0.05, 0.1) is 28.7 Å². The summed E-state index contributed by atoms with van der Waals surface area (Å²) >= 11 is 0. The van der Waals surface area contributed by atoms with Crippen LogP contribution in [-0.4, -0.2) is 21.1 Å². The largest absolute Gasteiger partial charge is 0.417 e. The fraction of sp³-hybridized carbons (Fsp3) is 0.100. The molecule has 0 unspecified atom stereocenters. The van der Waals surface area contributed by atoms with Crippen LogP contribution >= 0.6 is 0 Å². The Hall–Kier alpha value is -2.38. The molecule has 8 heteroatoms. The molecule has 0 bridgehead atoms. The maximum Gasteiger partial charge on any atom is 0.417 e. The summed E-state index contributed by atoms with van der Waals surface area (Å²) in [5.41, 5.74) is 4.64. The zero-order valence-electron chi connectivity index (χ0n) is 8.82. The Bertz CT molecular complexity index is 574. The number of hydrogen-bond acceptors (Lipinski definition) is 3. The van der Waals surface area contributed by atoms with E-state index in [0.717, 1.165) is 12.1 Å². The Morgan fingerprint density at radius 1 is 1.28 bits per heavy atom. The van der Waals surface area contributed by atoms with Gasteiger partial charge in [0.1, 0.15) is 0 Å². The summed E-state index contributed by atoms with van der Waals surface area (Å²) in [4.78, 5) is 14.7. The molecule has 2 aromatic heterocycles. The standard InChI is InChI=1S/C10H7F3N4O/c11-10(12,13)5-1-2-7(15-3-5)8-6(9(14)18)4-16-17-8/h1-4H,(H2,14,18)(H,16,17). The average Bonchev–Trinajstić information content (AvgIpc) is 2.77. The van der Waals surface area contributed by atoms with Crippen molar-refractivity contribution >= 4 is 5.91 Å². The van der Waals surface area contributed by atoms with Crippen LogP contribution in [0.4, 0.5) is 13.2 Å². The van der Waals surface area contributed by atoms with Crippen molar-refractivity contribution in [2.45, 2.75) is 6.18 Å². The number of nitrogens with zero attached hydrogens (tertiary/aromatic N) is 2. The van der Waals surface area contributed by atoms with Gasteiger partial charge in [0, 0.05) is 6.20 Å². The SMILES string of the molecule is NC(=O)c1cn[nH]c1-c1ccc(C(F)(F)F)cn1. The molecule has 2 aromatic rings. The molecule has 2 heterocycles. The molecule has 0 saturated heterocycles. The molecule has 0 saturated carbocycles. The maximum atomic E-state index is 12.3. The molecular weight excluding hydrogens is 249 g/mol. The van der Waals surface area contributed by atoms with Gasteiger partial charge in [0.15, 0.2) is 0 Å². The number of halogens is 3. The molecule has 0 atom stereocenters. The lowest BCUT2D eigenvalue weighted by atomic mass is 10.1. The van der Waals surface area contributed by atoms with Gasteiger partial charge in [-0.3, -0.25) is 14.9 Å². The zero-order chi connectivity index (χ0) is 13.3. The van der Waals surface area contributed by atoms with Crippen LogP contribution in [0.1, 0.15) is 15.9 Å². The van der Waals surface area contributed by atoms with Crippen LogP contribution in [0.5, 0.6) is 0 Å². The van der Waals surface area contributed by atoms with E-state index in [4.69, 9.17) is 5.73 Å². The number of carbonyl (C=O) groups is 1. The summed E-state index contributed by atoms with van der Waals surface area (Å²) in [5.74, 6) is -0.736. The van der Waals surface area contributed by atoms with E-state index in [-0.39, 0.29) is 17.0 Å². The number of alkyl halides is 3. The van der Waals surface area contributed by atoms with Crippen LogP contribution in [0, 0.1) is 0 Å². The van der Waals surface area contributed by atoms with Crippen LogP contribution < -0.4 is 5.73 Å². The van der Waals surface area contributed by atoms with Crippen molar-refractivity contribution in [3.8, 4) is 11.4 Å². The lowest BCUT2D eigenvalue weighted by Crippen LogP contribution is -2.11. The molecule has 5 nitrogen and oxygen atoms in total. The molecule has 0 spiro atoms. The van der Waals surface area contributed by atoms with Crippen molar-refractivity contribution in [2.75, 3.05) is 0 Å². The maximum absolute atomic E-state index is 12.3. The number of hydrogen-bond donors (Lipinski definition) is 2. The lowest BCUT2D eigenvalue weighted by molar-refractivity contribution is -0.137. The first-order valence-corrected chi connectivity index (χ1v) is 4.76. The van der Waals surface area contributed by atoms with E-state index < -0.39 is 17.6 Å². The summed E-state index contributed by atoms with van der Waals surface area (Å²) in [5, 5.41) is 6.07. The fourth-order valence-electron chi connectivity index (χ4n) is 1.38. The number of aromatic amines is 1. The van der Waals surface area contributed by atoms with Gasteiger partial charge in [-0.1, -0.05) is 0 Å². The van der Waals surface area contributed by atoms with E-state index in [1.54, 1.807) is 0 Å². The second-order valence-corrected chi connectivity index (χ2v) is 3.45. The number of carbonyl (C=O) groups excluding carboxylic acids is 1. The first-order chi connectivity index (χ1) is 8.39. The highest BCUT2D eigenvalue weighted by atomic mass is 19.4. The van der Waals surface area contributed by atoms with E-state index in [0.29, 0.717) is 6.20 Å². The molecule has 2 rings (SSSR count). The van der Waals surface area contributed by atoms with Crippen molar-refractivity contribution in [1.82, 2.24) is 15.2 Å². The smallest absolute Gasteiger partial charge is 0.365 e. The molecule has 3 N–H and O–H groups in total. The first-order valence-electron chi connectivity index (χ1n) is 4.76. The van der Waals surface area contributed by atoms with Crippen molar-refractivity contribution < 1.29 is 18.0 Å². The molecule has 1 amide bonds. The molecule has 0 aliphatic heterocycles. The Labute approximate surface area is 98.8 Å². The Morgan fingerprint density at radius 3 is 2.50 bits per heavy atom. The Kier molecular flexibility index (Phi) is 2.77. The number of amides is 1. The minimum Gasteiger partial charge on any atom is -0.365 e. The molecule has 0 aliphatic rings. The Morgan fingerprint density at radius 2 is 2.00 bits per heavy atom. The van der Waals surface area contributed by atoms with Crippen LogP contribution in [0.3, 0.4) is 0 Å². The van der Waals surface area contributed by atoms with Gasteiger partial charge in [-0.15, -0.1) is 0 Å². The third-order valence-electron chi connectivity index (χ3n) is 2.25. The number of aromatic nitrogens is 3. The fourth-order valence-corrected chi connectivity index (χ4v) is 1.38.